The first kappa shape index (κ1) is 19.2. The number of sulfonamides is 1. The normalized spacial score (nSPS) is 12.5. The van der Waals surface area contributed by atoms with Gasteiger partial charge in [0.15, 0.2) is 0 Å². The average molecular weight is 343 g/mol. The number of ether oxygens (including phenoxy) is 1. The third-order valence-electron chi connectivity index (χ3n) is 3.13. The molecule has 0 saturated heterocycles. The SMILES string of the molecule is CCOc1cccc(C(C)NC(=O)NCCNS(=O)(=O)CC)c1. The van der Waals surface area contributed by atoms with Crippen LogP contribution in [0.25, 0.3) is 0 Å². The quantitative estimate of drug-likeness (QED) is 0.590. The number of carbonyl (C=O) groups excluding carboxylic acids is 1. The van der Waals surface area contributed by atoms with E-state index in [0.717, 1.165) is 11.3 Å². The molecule has 0 saturated carbocycles. The van der Waals surface area contributed by atoms with Gasteiger partial charge in [-0.25, -0.2) is 17.9 Å². The summed E-state index contributed by atoms with van der Waals surface area (Å²) in [6.07, 6.45) is 0. The highest BCUT2D eigenvalue weighted by atomic mass is 32.2. The minimum atomic E-state index is -3.23. The number of benzene rings is 1. The van der Waals surface area contributed by atoms with Gasteiger partial charge in [-0.1, -0.05) is 12.1 Å². The van der Waals surface area contributed by atoms with Gasteiger partial charge in [0.2, 0.25) is 10.0 Å². The first-order valence-electron chi connectivity index (χ1n) is 7.62. The van der Waals surface area contributed by atoms with Crippen LogP contribution in [-0.4, -0.2) is 39.9 Å². The molecule has 0 aliphatic heterocycles. The highest BCUT2D eigenvalue weighted by molar-refractivity contribution is 7.89. The Morgan fingerprint density at radius 2 is 2.00 bits per heavy atom. The lowest BCUT2D eigenvalue weighted by molar-refractivity contribution is 0.238. The van der Waals surface area contributed by atoms with Gasteiger partial charge in [-0.15, -0.1) is 0 Å². The number of amides is 2. The van der Waals surface area contributed by atoms with Crippen molar-refractivity contribution in [1.82, 2.24) is 15.4 Å². The van der Waals surface area contributed by atoms with Crippen molar-refractivity contribution in [1.29, 1.82) is 0 Å². The first-order chi connectivity index (χ1) is 10.9. The molecule has 8 heteroatoms. The molecule has 130 valence electrons. The van der Waals surface area contributed by atoms with E-state index < -0.39 is 10.0 Å². The number of carbonyl (C=O) groups is 1. The van der Waals surface area contributed by atoms with E-state index >= 15 is 0 Å². The predicted molar refractivity (Wildman–Crippen MR) is 90.0 cm³/mol. The van der Waals surface area contributed by atoms with Crippen LogP contribution >= 0.6 is 0 Å². The van der Waals surface area contributed by atoms with Gasteiger partial charge in [0.1, 0.15) is 5.75 Å². The lowest BCUT2D eigenvalue weighted by Crippen LogP contribution is -2.41. The molecule has 3 N–H and O–H groups in total. The molecule has 0 aliphatic carbocycles. The van der Waals surface area contributed by atoms with Crippen molar-refractivity contribution in [2.24, 2.45) is 0 Å². The summed E-state index contributed by atoms with van der Waals surface area (Å²) < 4.78 is 30.3. The highest BCUT2D eigenvalue weighted by Crippen LogP contribution is 2.18. The fourth-order valence-corrected chi connectivity index (χ4v) is 2.47. The molecule has 0 bridgehead atoms. The standard InChI is InChI=1S/C15H25N3O4S/c1-4-22-14-8-6-7-13(11-14)12(3)18-15(19)16-9-10-17-23(20,21)5-2/h6-8,11-12,17H,4-5,9-10H2,1-3H3,(H2,16,18,19). The van der Waals surface area contributed by atoms with Crippen LogP contribution < -0.4 is 20.1 Å². The van der Waals surface area contributed by atoms with Crippen molar-refractivity contribution in [3.05, 3.63) is 29.8 Å². The molecule has 1 unspecified atom stereocenters. The molecule has 23 heavy (non-hydrogen) atoms. The first-order valence-corrected chi connectivity index (χ1v) is 9.27. The second kappa shape index (κ2) is 9.36. The van der Waals surface area contributed by atoms with Crippen LogP contribution in [0.4, 0.5) is 4.79 Å². The summed E-state index contributed by atoms with van der Waals surface area (Å²) in [6, 6.07) is 6.97. The summed E-state index contributed by atoms with van der Waals surface area (Å²) >= 11 is 0. The number of urea groups is 1. The Balaban J connectivity index is 2.40. The van der Waals surface area contributed by atoms with Crippen LogP contribution in [0.2, 0.25) is 0 Å². The molecule has 0 aliphatic rings. The Morgan fingerprint density at radius 3 is 2.65 bits per heavy atom. The molecule has 7 nitrogen and oxygen atoms in total. The monoisotopic (exact) mass is 343 g/mol. The fourth-order valence-electron chi connectivity index (χ4n) is 1.86. The lowest BCUT2D eigenvalue weighted by atomic mass is 10.1. The Hall–Kier alpha value is -1.80. The minimum absolute atomic E-state index is 0.0202. The number of rotatable bonds is 9. The molecule has 0 spiro atoms. The van der Waals surface area contributed by atoms with Crippen LogP contribution in [0.15, 0.2) is 24.3 Å². The summed E-state index contributed by atoms with van der Waals surface area (Å²) in [6.45, 7) is 6.30. The number of hydrogen-bond donors (Lipinski definition) is 3. The molecule has 2 amide bonds. The fraction of sp³-hybridized carbons (Fsp3) is 0.533. The molecular weight excluding hydrogens is 318 g/mol. The topological polar surface area (TPSA) is 96.5 Å². The van der Waals surface area contributed by atoms with Crippen molar-refractivity contribution in [3.63, 3.8) is 0 Å². The van der Waals surface area contributed by atoms with Gasteiger partial charge in [0.25, 0.3) is 0 Å². The molecule has 1 aromatic rings. The molecule has 1 aromatic carbocycles. The Bertz CT molecular complexity index is 604. The van der Waals surface area contributed by atoms with Crippen molar-refractivity contribution in [3.8, 4) is 5.75 Å². The number of nitrogens with one attached hydrogen (secondary N) is 3. The summed E-state index contributed by atoms with van der Waals surface area (Å²) in [4.78, 5) is 11.8. The summed E-state index contributed by atoms with van der Waals surface area (Å²) in [5, 5.41) is 5.41. The molecule has 0 radical (unpaired) electrons. The van der Waals surface area contributed by atoms with E-state index in [-0.39, 0.29) is 30.9 Å². The molecule has 1 atom stereocenters. The summed E-state index contributed by atoms with van der Waals surface area (Å²) in [5.74, 6) is 0.778. The van der Waals surface area contributed by atoms with Crippen molar-refractivity contribution in [2.45, 2.75) is 26.8 Å². The summed E-state index contributed by atoms with van der Waals surface area (Å²) in [7, 11) is -3.23. The van der Waals surface area contributed by atoms with Gasteiger partial charge in [-0.3, -0.25) is 0 Å². The predicted octanol–water partition coefficient (Wildman–Crippen LogP) is 1.38. The van der Waals surface area contributed by atoms with Crippen molar-refractivity contribution < 1.29 is 17.9 Å². The van der Waals surface area contributed by atoms with E-state index in [1.807, 2.05) is 38.1 Å². The zero-order valence-electron chi connectivity index (χ0n) is 13.8. The average Bonchev–Trinajstić information content (AvgIpc) is 2.52. The molecular formula is C15H25N3O4S. The van der Waals surface area contributed by atoms with Crippen molar-refractivity contribution in [2.75, 3.05) is 25.4 Å². The Labute approximate surface area is 137 Å². The van der Waals surface area contributed by atoms with E-state index in [2.05, 4.69) is 15.4 Å². The van der Waals surface area contributed by atoms with Crippen LogP contribution in [-0.2, 0) is 10.0 Å². The summed E-state index contributed by atoms with van der Waals surface area (Å²) in [5.41, 5.74) is 0.929. The van der Waals surface area contributed by atoms with Gasteiger partial charge < -0.3 is 15.4 Å². The van der Waals surface area contributed by atoms with Gasteiger partial charge in [0.05, 0.1) is 18.4 Å². The molecule has 0 heterocycles. The van der Waals surface area contributed by atoms with E-state index in [1.165, 1.54) is 0 Å². The van der Waals surface area contributed by atoms with Crippen LogP contribution in [0.5, 0.6) is 5.75 Å². The second-order valence-corrected chi connectivity index (χ2v) is 7.02. The van der Waals surface area contributed by atoms with Gasteiger partial charge in [-0.05, 0) is 38.5 Å². The maximum absolute atomic E-state index is 11.8. The third kappa shape index (κ3) is 7.34. The Morgan fingerprint density at radius 1 is 1.26 bits per heavy atom. The van der Waals surface area contributed by atoms with E-state index in [1.54, 1.807) is 6.92 Å². The van der Waals surface area contributed by atoms with Crippen LogP contribution in [0.3, 0.4) is 0 Å². The van der Waals surface area contributed by atoms with Gasteiger partial charge in [-0.2, -0.15) is 0 Å². The van der Waals surface area contributed by atoms with Crippen LogP contribution in [0, 0.1) is 0 Å². The zero-order valence-corrected chi connectivity index (χ0v) is 14.6. The molecule has 0 fully saturated rings. The third-order valence-corrected chi connectivity index (χ3v) is 4.53. The largest absolute Gasteiger partial charge is 0.494 e. The van der Waals surface area contributed by atoms with Crippen LogP contribution in [0.1, 0.15) is 32.4 Å². The minimum Gasteiger partial charge on any atom is -0.494 e. The molecule has 1 rings (SSSR count). The van der Waals surface area contributed by atoms with E-state index in [0.29, 0.717) is 6.61 Å². The second-order valence-electron chi connectivity index (χ2n) is 4.93. The smallest absolute Gasteiger partial charge is 0.315 e. The highest BCUT2D eigenvalue weighted by Gasteiger charge is 2.10. The van der Waals surface area contributed by atoms with E-state index in [9.17, 15) is 13.2 Å². The van der Waals surface area contributed by atoms with Crippen molar-refractivity contribution >= 4 is 16.1 Å². The number of hydrogen-bond acceptors (Lipinski definition) is 4. The maximum atomic E-state index is 11.8. The van der Waals surface area contributed by atoms with E-state index in [4.69, 9.17) is 4.74 Å². The zero-order chi connectivity index (χ0) is 17.3. The Kier molecular flexibility index (Phi) is 7.84. The molecule has 0 aromatic heterocycles. The van der Waals surface area contributed by atoms with Gasteiger partial charge >= 0.3 is 6.03 Å². The van der Waals surface area contributed by atoms with Gasteiger partial charge in [0, 0.05) is 13.1 Å². The maximum Gasteiger partial charge on any atom is 0.315 e. The lowest BCUT2D eigenvalue weighted by Gasteiger charge is -2.16.